The van der Waals surface area contributed by atoms with Gasteiger partial charge in [-0.05, 0) is 77.3 Å². The highest BCUT2D eigenvalue weighted by atomic mass is 35.5. The number of benzene rings is 2. The molecule has 0 unspecified atom stereocenters. The first-order valence-electron chi connectivity index (χ1n) is 9.85. The molecule has 0 heterocycles. The lowest BCUT2D eigenvalue weighted by Gasteiger charge is -2.21. The highest BCUT2D eigenvalue weighted by Gasteiger charge is 2.12. The molecule has 2 aromatic rings. The number of phenolic OH excluding ortho intramolecular Hbond substituents is 1. The van der Waals surface area contributed by atoms with Crippen LogP contribution >= 0.6 is 12.4 Å². The second-order valence-electron chi connectivity index (χ2n) is 7.20. The number of nitrogens with zero attached hydrogens (tertiary/aromatic N) is 2. The molecule has 0 aliphatic heterocycles. The number of carbonyl (C=O) groups excluding carboxylic acids is 1. The van der Waals surface area contributed by atoms with Crippen LogP contribution in [0.2, 0.25) is 0 Å². The number of hydrogen-bond acceptors (Lipinski definition) is 5. The van der Waals surface area contributed by atoms with E-state index in [9.17, 15) is 4.79 Å². The van der Waals surface area contributed by atoms with Crippen molar-refractivity contribution in [2.24, 2.45) is 0 Å². The van der Waals surface area contributed by atoms with E-state index in [4.69, 9.17) is 9.84 Å². The smallest absolute Gasteiger partial charge is 0.414 e. The van der Waals surface area contributed by atoms with Gasteiger partial charge in [-0.1, -0.05) is 24.3 Å². The Morgan fingerprint density at radius 1 is 1.07 bits per heavy atom. The SMILES string of the molecule is CCN(C)C(=O)Oc1cccc([C@H](C)N(C)C)c1.CN[C@@H](C)c1cccc(O)c1.Cl. The summed E-state index contributed by atoms with van der Waals surface area (Å²) >= 11 is 0. The first kappa shape index (κ1) is 27.7. The Labute approximate surface area is 187 Å². The van der Waals surface area contributed by atoms with Crippen LogP contribution in [0.1, 0.15) is 44.0 Å². The van der Waals surface area contributed by atoms with Crippen molar-refractivity contribution in [2.75, 3.05) is 34.7 Å². The maximum atomic E-state index is 11.7. The van der Waals surface area contributed by atoms with Crippen LogP contribution in [0.3, 0.4) is 0 Å². The molecule has 7 heteroatoms. The fourth-order valence-corrected chi connectivity index (χ4v) is 2.40. The third kappa shape index (κ3) is 9.03. The van der Waals surface area contributed by atoms with E-state index in [1.54, 1.807) is 25.2 Å². The van der Waals surface area contributed by atoms with E-state index in [0.717, 1.165) is 11.1 Å². The molecule has 0 spiro atoms. The van der Waals surface area contributed by atoms with E-state index in [-0.39, 0.29) is 24.5 Å². The second kappa shape index (κ2) is 13.9. The lowest BCUT2D eigenvalue weighted by molar-refractivity contribution is 0.165. The number of nitrogens with one attached hydrogen (secondary N) is 1. The molecular formula is C23H36ClN3O3. The largest absolute Gasteiger partial charge is 0.508 e. The number of phenols is 1. The van der Waals surface area contributed by atoms with E-state index in [1.807, 2.05) is 58.4 Å². The van der Waals surface area contributed by atoms with Crippen molar-refractivity contribution < 1.29 is 14.6 Å². The average molecular weight is 438 g/mol. The van der Waals surface area contributed by atoms with Crippen molar-refractivity contribution in [3.05, 3.63) is 59.7 Å². The molecule has 2 N–H and O–H groups in total. The topological polar surface area (TPSA) is 65.0 Å². The number of ether oxygens (including phenoxy) is 1. The molecule has 6 nitrogen and oxygen atoms in total. The summed E-state index contributed by atoms with van der Waals surface area (Å²) in [5.74, 6) is 0.913. The minimum absolute atomic E-state index is 0. The minimum Gasteiger partial charge on any atom is -0.508 e. The van der Waals surface area contributed by atoms with Crippen LogP contribution in [0, 0.1) is 0 Å². The van der Waals surface area contributed by atoms with E-state index in [0.29, 0.717) is 24.1 Å². The Kier molecular flexibility index (Phi) is 12.8. The van der Waals surface area contributed by atoms with Crippen LogP contribution in [0.4, 0.5) is 4.79 Å². The quantitative estimate of drug-likeness (QED) is 0.675. The van der Waals surface area contributed by atoms with Gasteiger partial charge in [0.05, 0.1) is 0 Å². The van der Waals surface area contributed by atoms with Gasteiger partial charge in [0.25, 0.3) is 0 Å². The summed E-state index contributed by atoms with van der Waals surface area (Å²) in [4.78, 5) is 15.3. The molecular weight excluding hydrogens is 402 g/mol. The summed E-state index contributed by atoms with van der Waals surface area (Å²) in [6.45, 7) is 6.70. The summed E-state index contributed by atoms with van der Waals surface area (Å²) in [6, 6.07) is 15.5. The van der Waals surface area contributed by atoms with Gasteiger partial charge in [-0.2, -0.15) is 0 Å². The molecule has 0 radical (unpaired) electrons. The lowest BCUT2D eigenvalue weighted by Crippen LogP contribution is -2.29. The van der Waals surface area contributed by atoms with Crippen LogP contribution < -0.4 is 10.1 Å². The van der Waals surface area contributed by atoms with E-state index < -0.39 is 0 Å². The monoisotopic (exact) mass is 437 g/mol. The Morgan fingerprint density at radius 3 is 2.20 bits per heavy atom. The Bertz CT molecular complexity index is 771. The first-order chi connectivity index (χ1) is 13.7. The van der Waals surface area contributed by atoms with Crippen LogP contribution in [0.25, 0.3) is 0 Å². The number of aromatic hydroxyl groups is 1. The molecule has 0 bridgehead atoms. The maximum absolute atomic E-state index is 11.7. The van der Waals surface area contributed by atoms with Gasteiger partial charge < -0.3 is 25.0 Å². The van der Waals surface area contributed by atoms with E-state index in [1.165, 1.54) is 4.90 Å². The minimum atomic E-state index is -0.327. The van der Waals surface area contributed by atoms with Gasteiger partial charge in [-0.15, -0.1) is 12.4 Å². The van der Waals surface area contributed by atoms with Crippen molar-refractivity contribution in [1.82, 2.24) is 15.1 Å². The highest BCUT2D eigenvalue weighted by molar-refractivity contribution is 5.85. The summed E-state index contributed by atoms with van der Waals surface area (Å²) in [7, 11) is 7.66. The van der Waals surface area contributed by atoms with Crippen molar-refractivity contribution in [1.29, 1.82) is 0 Å². The van der Waals surface area contributed by atoms with Crippen LogP contribution in [0.15, 0.2) is 48.5 Å². The van der Waals surface area contributed by atoms with Gasteiger partial charge in [-0.25, -0.2) is 4.79 Å². The number of rotatable bonds is 6. The Balaban J connectivity index is 0.000000603. The predicted octanol–water partition coefficient (Wildman–Crippen LogP) is 4.85. The number of halogens is 1. The molecule has 0 aliphatic carbocycles. The van der Waals surface area contributed by atoms with Gasteiger partial charge in [0.2, 0.25) is 0 Å². The Hall–Kier alpha value is -2.28. The van der Waals surface area contributed by atoms with Gasteiger partial charge in [-0.3, -0.25) is 0 Å². The van der Waals surface area contributed by atoms with Gasteiger partial charge in [0, 0.05) is 25.7 Å². The molecule has 2 aromatic carbocycles. The van der Waals surface area contributed by atoms with Crippen molar-refractivity contribution >= 4 is 18.5 Å². The van der Waals surface area contributed by atoms with Gasteiger partial charge in [0.1, 0.15) is 11.5 Å². The first-order valence-corrected chi connectivity index (χ1v) is 9.85. The number of amides is 1. The second-order valence-corrected chi connectivity index (χ2v) is 7.20. The number of hydrogen-bond donors (Lipinski definition) is 2. The molecule has 0 saturated heterocycles. The Morgan fingerprint density at radius 2 is 1.67 bits per heavy atom. The molecule has 168 valence electrons. The third-order valence-corrected chi connectivity index (χ3v) is 4.91. The molecule has 0 aromatic heterocycles. The summed E-state index contributed by atoms with van der Waals surface area (Å²) in [5.41, 5.74) is 2.23. The maximum Gasteiger partial charge on any atom is 0.414 e. The molecule has 0 saturated carbocycles. The van der Waals surface area contributed by atoms with E-state index >= 15 is 0 Å². The molecule has 0 aliphatic rings. The summed E-state index contributed by atoms with van der Waals surface area (Å²) < 4.78 is 5.31. The van der Waals surface area contributed by atoms with Crippen LogP contribution in [-0.4, -0.2) is 55.7 Å². The normalized spacial score (nSPS) is 12.1. The highest BCUT2D eigenvalue weighted by Crippen LogP contribution is 2.22. The molecule has 2 atom stereocenters. The van der Waals surface area contributed by atoms with Crippen molar-refractivity contribution in [2.45, 2.75) is 32.9 Å². The molecule has 30 heavy (non-hydrogen) atoms. The average Bonchev–Trinajstić information content (AvgIpc) is 2.72. The third-order valence-electron chi connectivity index (χ3n) is 4.91. The zero-order valence-corrected chi connectivity index (χ0v) is 19.9. The molecule has 0 fully saturated rings. The van der Waals surface area contributed by atoms with Gasteiger partial charge in [0.15, 0.2) is 0 Å². The van der Waals surface area contributed by atoms with Crippen LogP contribution in [0.5, 0.6) is 11.5 Å². The summed E-state index contributed by atoms with van der Waals surface area (Å²) in [5, 5.41) is 12.2. The zero-order chi connectivity index (χ0) is 22.0. The van der Waals surface area contributed by atoms with Crippen molar-refractivity contribution in [3.63, 3.8) is 0 Å². The molecule has 1 amide bonds. The van der Waals surface area contributed by atoms with Gasteiger partial charge >= 0.3 is 6.09 Å². The van der Waals surface area contributed by atoms with Crippen LogP contribution in [-0.2, 0) is 0 Å². The standard InChI is InChI=1S/C14H22N2O2.C9H13NO.ClH/c1-6-16(5)14(17)18-13-9-7-8-12(10-13)11(2)15(3)4;1-7(10-2)8-4-3-5-9(11)6-8;/h7-11H,6H2,1-5H3;3-7,10-11H,1-2H3;1H/t11-;7-;/m00./s1. The lowest BCUT2D eigenvalue weighted by atomic mass is 10.1. The summed E-state index contributed by atoms with van der Waals surface area (Å²) in [6.07, 6.45) is -0.327. The van der Waals surface area contributed by atoms with E-state index in [2.05, 4.69) is 24.1 Å². The fourth-order valence-electron chi connectivity index (χ4n) is 2.40. The molecule has 2 rings (SSSR count). The van der Waals surface area contributed by atoms with Crippen molar-refractivity contribution in [3.8, 4) is 11.5 Å². The fraction of sp³-hybridized carbons (Fsp3) is 0.435. The zero-order valence-electron chi connectivity index (χ0n) is 19.0. The number of carbonyl (C=O) groups is 1. The predicted molar refractivity (Wildman–Crippen MR) is 126 cm³/mol.